The lowest BCUT2D eigenvalue weighted by Gasteiger charge is -2.16. The summed E-state index contributed by atoms with van der Waals surface area (Å²) >= 11 is 0. The van der Waals surface area contributed by atoms with E-state index in [1.54, 1.807) is 0 Å². The van der Waals surface area contributed by atoms with Crippen molar-refractivity contribution in [2.24, 2.45) is 5.92 Å². The van der Waals surface area contributed by atoms with Gasteiger partial charge in [0, 0.05) is 5.92 Å². The van der Waals surface area contributed by atoms with Crippen LogP contribution in [0.25, 0.3) is 0 Å². The van der Waals surface area contributed by atoms with E-state index in [1.807, 2.05) is 12.1 Å². The lowest BCUT2D eigenvalue weighted by Crippen LogP contribution is -2.43. The summed E-state index contributed by atoms with van der Waals surface area (Å²) in [4.78, 5) is 0. The molecule has 3 rings (SSSR count). The average Bonchev–Trinajstić information content (AvgIpc) is 2.61. The maximum Gasteiger partial charge on any atom is 0.311 e. The maximum absolute atomic E-state index is 6.09. The monoisotopic (exact) mass is 306 g/mol. The molecule has 0 amide bonds. The standard InChI is InChI=1S/C20H22OSi/c1-4-10-18(11-5-1)16-17-21-22(19-12-6-2-7-13-19)20-14-8-3-9-15-20/h2-3,6-9,12-15,18,22H,1,4-5,10-11H2. The number of hydrogen-bond donors (Lipinski definition) is 0. The molecule has 0 saturated heterocycles. The lowest BCUT2D eigenvalue weighted by molar-refractivity contribution is 0.427. The van der Waals surface area contributed by atoms with Crippen LogP contribution in [-0.4, -0.2) is 9.04 Å². The molecule has 0 N–H and O–H groups in total. The third-order valence-corrected chi connectivity index (χ3v) is 6.58. The first-order valence-corrected chi connectivity index (χ1v) is 9.82. The van der Waals surface area contributed by atoms with E-state index in [4.69, 9.17) is 4.43 Å². The highest BCUT2D eigenvalue weighted by atomic mass is 28.3. The van der Waals surface area contributed by atoms with E-state index in [-0.39, 0.29) is 0 Å². The molecule has 1 fully saturated rings. The fourth-order valence-corrected chi connectivity index (χ4v) is 4.99. The minimum atomic E-state index is -1.70. The number of hydrogen-bond acceptors (Lipinski definition) is 1. The van der Waals surface area contributed by atoms with Crippen molar-refractivity contribution in [1.82, 2.24) is 0 Å². The van der Waals surface area contributed by atoms with Gasteiger partial charge in [-0.2, -0.15) is 0 Å². The van der Waals surface area contributed by atoms with E-state index in [0.29, 0.717) is 5.92 Å². The molecule has 1 aliphatic rings. The average molecular weight is 306 g/mol. The van der Waals surface area contributed by atoms with Crippen molar-refractivity contribution < 1.29 is 4.43 Å². The molecule has 0 unspecified atom stereocenters. The van der Waals surface area contributed by atoms with Gasteiger partial charge in [0.1, 0.15) is 0 Å². The SMILES string of the molecule is C(#CC1CCCCC1)O[SiH](c1ccccc1)c1ccccc1. The van der Waals surface area contributed by atoms with Crippen molar-refractivity contribution in [3.63, 3.8) is 0 Å². The van der Waals surface area contributed by atoms with Crippen LogP contribution in [0.4, 0.5) is 0 Å². The smallest absolute Gasteiger partial charge is 0.311 e. The Labute approximate surface area is 135 Å². The van der Waals surface area contributed by atoms with Gasteiger partial charge in [-0.05, 0) is 23.2 Å². The summed E-state index contributed by atoms with van der Waals surface area (Å²) in [6.07, 6.45) is 9.53. The van der Waals surface area contributed by atoms with Crippen molar-refractivity contribution in [3.05, 3.63) is 60.7 Å². The van der Waals surface area contributed by atoms with Crippen LogP contribution in [0.15, 0.2) is 60.7 Å². The van der Waals surface area contributed by atoms with Gasteiger partial charge < -0.3 is 4.43 Å². The molecule has 2 aromatic rings. The summed E-state index contributed by atoms with van der Waals surface area (Å²) in [5.74, 6) is 3.89. The minimum Gasteiger partial charge on any atom is -0.493 e. The molecule has 1 aliphatic carbocycles. The number of rotatable bonds is 3. The van der Waals surface area contributed by atoms with Crippen LogP contribution in [0.5, 0.6) is 0 Å². The van der Waals surface area contributed by atoms with Crippen LogP contribution in [0.2, 0.25) is 0 Å². The first-order valence-electron chi connectivity index (χ1n) is 8.19. The molecule has 0 aliphatic heterocycles. The summed E-state index contributed by atoms with van der Waals surface area (Å²) in [6, 6.07) is 21.1. The summed E-state index contributed by atoms with van der Waals surface area (Å²) in [5.41, 5.74) is 0. The van der Waals surface area contributed by atoms with E-state index in [9.17, 15) is 0 Å². The van der Waals surface area contributed by atoms with Gasteiger partial charge >= 0.3 is 9.04 Å². The molecule has 1 nitrogen and oxygen atoms in total. The first kappa shape index (κ1) is 14.9. The number of benzene rings is 2. The highest BCUT2D eigenvalue weighted by molar-refractivity contribution is 6.80. The van der Waals surface area contributed by atoms with Crippen molar-refractivity contribution in [2.45, 2.75) is 32.1 Å². The van der Waals surface area contributed by atoms with Crippen molar-refractivity contribution in [2.75, 3.05) is 0 Å². The fraction of sp³-hybridized carbons (Fsp3) is 0.300. The second-order valence-corrected chi connectivity index (χ2v) is 8.23. The zero-order chi connectivity index (χ0) is 15.0. The van der Waals surface area contributed by atoms with Gasteiger partial charge in [-0.15, -0.1) is 0 Å². The quantitative estimate of drug-likeness (QED) is 0.625. The summed E-state index contributed by atoms with van der Waals surface area (Å²) in [7, 11) is -1.70. The Morgan fingerprint density at radius 1 is 0.773 bits per heavy atom. The van der Waals surface area contributed by atoms with Crippen LogP contribution in [-0.2, 0) is 4.43 Å². The molecule has 22 heavy (non-hydrogen) atoms. The van der Waals surface area contributed by atoms with Crippen molar-refractivity contribution >= 4 is 19.4 Å². The summed E-state index contributed by atoms with van der Waals surface area (Å²) in [6.45, 7) is 0. The van der Waals surface area contributed by atoms with Crippen molar-refractivity contribution in [3.8, 4) is 12.0 Å². The Bertz CT molecular complexity index is 582. The van der Waals surface area contributed by atoms with Crippen LogP contribution >= 0.6 is 0 Å². The fourth-order valence-electron chi connectivity index (χ4n) is 3.01. The van der Waals surface area contributed by atoms with Gasteiger partial charge in [-0.3, -0.25) is 0 Å². The molecule has 0 atom stereocenters. The molecule has 112 valence electrons. The van der Waals surface area contributed by atoms with Gasteiger partial charge in [0.2, 0.25) is 0 Å². The highest BCUT2D eigenvalue weighted by Crippen LogP contribution is 2.22. The predicted molar refractivity (Wildman–Crippen MR) is 94.7 cm³/mol. The van der Waals surface area contributed by atoms with E-state index in [0.717, 1.165) is 0 Å². The van der Waals surface area contributed by atoms with E-state index in [2.05, 4.69) is 60.6 Å². The van der Waals surface area contributed by atoms with E-state index >= 15 is 0 Å². The molecular weight excluding hydrogens is 284 g/mol. The third-order valence-electron chi connectivity index (χ3n) is 4.25. The second-order valence-electron chi connectivity index (χ2n) is 5.90. The normalized spacial score (nSPS) is 15.1. The maximum atomic E-state index is 6.09. The van der Waals surface area contributed by atoms with Gasteiger partial charge in [0.15, 0.2) is 0 Å². The van der Waals surface area contributed by atoms with Gasteiger partial charge in [-0.1, -0.05) is 85.8 Å². The van der Waals surface area contributed by atoms with Gasteiger partial charge in [-0.25, -0.2) is 0 Å². The molecule has 0 radical (unpaired) electrons. The lowest BCUT2D eigenvalue weighted by atomic mass is 9.90. The molecule has 2 aromatic carbocycles. The molecule has 0 spiro atoms. The molecule has 0 aromatic heterocycles. The van der Waals surface area contributed by atoms with E-state index < -0.39 is 9.04 Å². The van der Waals surface area contributed by atoms with Gasteiger partial charge in [0.05, 0.1) is 6.11 Å². The van der Waals surface area contributed by atoms with Crippen LogP contribution in [0, 0.1) is 17.9 Å². The molecular formula is C20H22OSi. The zero-order valence-electron chi connectivity index (χ0n) is 12.9. The van der Waals surface area contributed by atoms with Crippen LogP contribution in [0.3, 0.4) is 0 Å². The Hall–Kier alpha value is -1.98. The minimum absolute atomic E-state index is 0.537. The second kappa shape index (κ2) is 7.86. The third kappa shape index (κ3) is 4.02. The van der Waals surface area contributed by atoms with Crippen molar-refractivity contribution in [1.29, 1.82) is 0 Å². The highest BCUT2D eigenvalue weighted by Gasteiger charge is 2.18. The summed E-state index contributed by atoms with van der Waals surface area (Å²) < 4.78 is 6.09. The van der Waals surface area contributed by atoms with Crippen LogP contribution in [0.1, 0.15) is 32.1 Å². The van der Waals surface area contributed by atoms with Crippen LogP contribution < -0.4 is 10.4 Å². The Kier molecular flexibility index (Phi) is 5.34. The molecule has 0 heterocycles. The molecule has 2 heteroatoms. The van der Waals surface area contributed by atoms with E-state index in [1.165, 1.54) is 42.5 Å². The molecule has 1 saturated carbocycles. The first-order chi connectivity index (χ1) is 10.9. The topological polar surface area (TPSA) is 9.23 Å². The Morgan fingerprint density at radius 2 is 1.32 bits per heavy atom. The predicted octanol–water partition coefficient (Wildman–Crippen LogP) is 3.08. The zero-order valence-corrected chi connectivity index (χ0v) is 14.0. The summed E-state index contributed by atoms with van der Waals surface area (Å²) in [5, 5.41) is 2.57. The molecule has 0 bridgehead atoms. The van der Waals surface area contributed by atoms with Gasteiger partial charge in [0.25, 0.3) is 0 Å². The largest absolute Gasteiger partial charge is 0.493 e. The Balaban J connectivity index is 1.76. The Morgan fingerprint density at radius 3 is 1.86 bits per heavy atom.